The average Bonchev–Trinajstić information content (AvgIpc) is 2.39. The number of nitrogens with two attached hydrogens (primary N) is 1. The molecule has 1 amide bonds. The Morgan fingerprint density at radius 3 is 2.79 bits per heavy atom. The van der Waals surface area contributed by atoms with E-state index in [1.54, 1.807) is 26.2 Å². The van der Waals surface area contributed by atoms with Crippen molar-refractivity contribution >= 4 is 11.6 Å². The topological polar surface area (TPSA) is 73.6 Å². The van der Waals surface area contributed by atoms with Crippen LogP contribution in [0.1, 0.15) is 20.3 Å². The number of amides is 1. The molecule has 0 saturated carbocycles. The van der Waals surface area contributed by atoms with Crippen LogP contribution in [0, 0.1) is 0 Å². The number of nitrogens with one attached hydrogen (secondary N) is 1. The molecule has 0 aliphatic heterocycles. The molecule has 106 valence electrons. The van der Waals surface area contributed by atoms with Crippen molar-refractivity contribution in [3.63, 3.8) is 0 Å². The van der Waals surface area contributed by atoms with Gasteiger partial charge in [0, 0.05) is 18.9 Å². The lowest BCUT2D eigenvalue weighted by atomic mass is 9.99. The first-order valence-corrected chi connectivity index (χ1v) is 6.31. The van der Waals surface area contributed by atoms with Crippen LogP contribution >= 0.6 is 0 Å². The lowest BCUT2D eigenvalue weighted by Gasteiger charge is -2.21. The largest absolute Gasteiger partial charge is 0.491 e. The van der Waals surface area contributed by atoms with Gasteiger partial charge in [-0.05, 0) is 25.5 Å². The maximum atomic E-state index is 11.9. The zero-order chi connectivity index (χ0) is 14.3. The fourth-order valence-corrected chi connectivity index (χ4v) is 1.34. The molecule has 0 radical (unpaired) electrons. The highest BCUT2D eigenvalue weighted by molar-refractivity contribution is 5.97. The third-order valence-electron chi connectivity index (χ3n) is 2.90. The van der Waals surface area contributed by atoms with Crippen LogP contribution in [0.2, 0.25) is 0 Å². The van der Waals surface area contributed by atoms with Crippen LogP contribution in [-0.4, -0.2) is 31.8 Å². The summed E-state index contributed by atoms with van der Waals surface area (Å²) in [5.74, 6) is 0.481. The molecule has 0 fully saturated rings. The molecule has 0 bridgehead atoms. The molecule has 1 rings (SSSR count). The molecule has 1 aromatic rings. The van der Waals surface area contributed by atoms with Crippen LogP contribution in [0.3, 0.4) is 0 Å². The van der Waals surface area contributed by atoms with Gasteiger partial charge in [0.15, 0.2) is 0 Å². The average molecular weight is 266 g/mol. The fourth-order valence-electron chi connectivity index (χ4n) is 1.34. The van der Waals surface area contributed by atoms with E-state index in [0.717, 1.165) is 0 Å². The number of carbonyl (C=O) groups excluding carboxylic acids is 1. The van der Waals surface area contributed by atoms with Gasteiger partial charge in [-0.25, -0.2) is 0 Å². The molecular weight excluding hydrogens is 244 g/mol. The van der Waals surface area contributed by atoms with E-state index in [0.29, 0.717) is 31.1 Å². The van der Waals surface area contributed by atoms with Crippen molar-refractivity contribution < 1.29 is 14.3 Å². The number of ether oxygens (including phenoxy) is 2. The van der Waals surface area contributed by atoms with Crippen molar-refractivity contribution in [3.05, 3.63) is 24.3 Å². The Morgan fingerprint density at radius 2 is 2.16 bits per heavy atom. The van der Waals surface area contributed by atoms with Gasteiger partial charge in [-0.3, -0.25) is 4.79 Å². The second kappa shape index (κ2) is 7.11. The lowest BCUT2D eigenvalue weighted by molar-refractivity contribution is -0.120. The van der Waals surface area contributed by atoms with Crippen molar-refractivity contribution in [2.75, 3.05) is 25.6 Å². The number of hydrogen-bond acceptors (Lipinski definition) is 4. The molecule has 1 aromatic carbocycles. The fraction of sp³-hybridized carbons (Fsp3) is 0.500. The van der Waals surface area contributed by atoms with Gasteiger partial charge in [-0.1, -0.05) is 13.0 Å². The first-order valence-electron chi connectivity index (χ1n) is 6.31. The monoisotopic (exact) mass is 266 g/mol. The number of rotatable bonds is 7. The Hall–Kier alpha value is -1.59. The summed E-state index contributed by atoms with van der Waals surface area (Å²) in [6.07, 6.45) is 0.572. The SMILES string of the molecule is CCC(C)(N)C(=O)Nc1cccc(OCCOC)c1. The van der Waals surface area contributed by atoms with Gasteiger partial charge in [-0.2, -0.15) is 0 Å². The van der Waals surface area contributed by atoms with Gasteiger partial charge in [0.05, 0.1) is 12.1 Å². The smallest absolute Gasteiger partial charge is 0.244 e. The summed E-state index contributed by atoms with van der Waals surface area (Å²) in [6, 6.07) is 7.20. The summed E-state index contributed by atoms with van der Waals surface area (Å²) in [5.41, 5.74) is 5.69. The molecule has 19 heavy (non-hydrogen) atoms. The van der Waals surface area contributed by atoms with E-state index in [4.69, 9.17) is 15.2 Å². The second-order valence-corrected chi connectivity index (χ2v) is 4.59. The van der Waals surface area contributed by atoms with E-state index in [9.17, 15) is 4.79 Å². The number of benzene rings is 1. The molecule has 1 atom stereocenters. The number of methoxy groups -OCH3 is 1. The van der Waals surface area contributed by atoms with E-state index in [1.165, 1.54) is 0 Å². The summed E-state index contributed by atoms with van der Waals surface area (Å²) < 4.78 is 10.4. The van der Waals surface area contributed by atoms with E-state index < -0.39 is 5.54 Å². The van der Waals surface area contributed by atoms with Crippen LogP contribution in [0.15, 0.2) is 24.3 Å². The summed E-state index contributed by atoms with van der Waals surface area (Å²) in [4.78, 5) is 11.9. The predicted octanol–water partition coefficient (Wildman–Crippen LogP) is 1.78. The van der Waals surface area contributed by atoms with Gasteiger partial charge in [0.25, 0.3) is 0 Å². The van der Waals surface area contributed by atoms with Crippen LogP contribution in [-0.2, 0) is 9.53 Å². The molecule has 0 aliphatic carbocycles. The highest BCUT2D eigenvalue weighted by Crippen LogP contribution is 2.18. The van der Waals surface area contributed by atoms with Gasteiger partial charge < -0.3 is 20.5 Å². The molecule has 3 N–H and O–H groups in total. The Morgan fingerprint density at radius 1 is 1.42 bits per heavy atom. The molecule has 0 spiro atoms. The van der Waals surface area contributed by atoms with E-state index in [2.05, 4.69) is 5.32 Å². The van der Waals surface area contributed by atoms with Crippen LogP contribution < -0.4 is 15.8 Å². The number of carbonyl (C=O) groups is 1. The maximum Gasteiger partial charge on any atom is 0.244 e. The van der Waals surface area contributed by atoms with Crippen LogP contribution in [0.25, 0.3) is 0 Å². The van der Waals surface area contributed by atoms with Gasteiger partial charge >= 0.3 is 0 Å². The molecule has 5 nitrogen and oxygen atoms in total. The van der Waals surface area contributed by atoms with Gasteiger partial charge in [0.2, 0.25) is 5.91 Å². The summed E-state index contributed by atoms with van der Waals surface area (Å²) in [5, 5.41) is 2.79. The van der Waals surface area contributed by atoms with Crippen LogP contribution in [0.5, 0.6) is 5.75 Å². The van der Waals surface area contributed by atoms with Crippen molar-refractivity contribution in [2.24, 2.45) is 5.73 Å². The minimum Gasteiger partial charge on any atom is -0.491 e. The Balaban J connectivity index is 2.64. The molecule has 0 saturated heterocycles. The third kappa shape index (κ3) is 4.89. The molecule has 1 unspecified atom stereocenters. The minimum absolute atomic E-state index is 0.205. The molecule has 5 heteroatoms. The Labute approximate surface area is 114 Å². The second-order valence-electron chi connectivity index (χ2n) is 4.59. The van der Waals surface area contributed by atoms with Crippen molar-refractivity contribution in [3.8, 4) is 5.75 Å². The van der Waals surface area contributed by atoms with Gasteiger partial charge in [-0.15, -0.1) is 0 Å². The predicted molar refractivity (Wildman–Crippen MR) is 75.3 cm³/mol. The summed E-state index contributed by atoms with van der Waals surface area (Å²) >= 11 is 0. The Kier molecular flexibility index (Phi) is 5.79. The minimum atomic E-state index is -0.868. The van der Waals surface area contributed by atoms with E-state index in [1.807, 2.05) is 19.1 Å². The standard InChI is InChI=1S/C14H22N2O3/c1-4-14(2,15)13(17)16-11-6-5-7-12(10-11)19-9-8-18-3/h5-7,10H,4,8-9,15H2,1-3H3,(H,16,17). The molecular formula is C14H22N2O3. The first kappa shape index (κ1) is 15.5. The van der Waals surface area contributed by atoms with Crippen molar-refractivity contribution in [1.82, 2.24) is 0 Å². The first-order chi connectivity index (χ1) is 8.99. The summed E-state index contributed by atoms with van der Waals surface area (Å²) in [7, 11) is 1.62. The highest BCUT2D eigenvalue weighted by Gasteiger charge is 2.25. The number of anilines is 1. The molecule has 0 aliphatic rings. The van der Waals surface area contributed by atoms with E-state index >= 15 is 0 Å². The molecule has 0 heterocycles. The van der Waals surface area contributed by atoms with Crippen molar-refractivity contribution in [1.29, 1.82) is 0 Å². The lowest BCUT2D eigenvalue weighted by Crippen LogP contribution is -2.47. The van der Waals surface area contributed by atoms with Crippen molar-refractivity contribution in [2.45, 2.75) is 25.8 Å². The number of hydrogen-bond donors (Lipinski definition) is 2. The summed E-state index contributed by atoms with van der Waals surface area (Å²) in [6.45, 7) is 4.58. The third-order valence-corrected chi connectivity index (χ3v) is 2.90. The van der Waals surface area contributed by atoms with Gasteiger partial charge in [0.1, 0.15) is 12.4 Å². The zero-order valence-corrected chi connectivity index (χ0v) is 11.7. The zero-order valence-electron chi connectivity index (χ0n) is 11.7. The maximum absolute atomic E-state index is 11.9. The van der Waals surface area contributed by atoms with Crippen LogP contribution in [0.4, 0.5) is 5.69 Å². The Bertz CT molecular complexity index is 419. The quantitative estimate of drug-likeness (QED) is 0.738. The van der Waals surface area contributed by atoms with E-state index in [-0.39, 0.29) is 5.91 Å². The molecule has 0 aromatic heterocycles. The highest BCUT2D eigenvalue weighted by atomic mass is 16.5. The normalized spacial score (nSPS) is 13.7.